The molecule has 0 saturated carbocycles. The minimum absolute atomic E-state index is 0.0541. The fourth-order valence-corrected chi connectivity index (χ4v) is 10.8. The monoisotopic (exact) mass is 1260 g/mol. The minimum Gasteiger partial charge on any atom is -0.463 e. The lowest BCUT2D eigenvalue weighted by molar-refractivity contribution is -0.310. The van der Waals surface area contributed by atoms with Gasteiger partial charge < -0.3 is 75.8 Å². The molecule has 4 aliphatic rings. The summed E-state index contributed by atoms with van der Waals surface area (Å²) in [5.41, 5.74) is -1.88. The second-order valence-electron chi connectivity index (χ2n) is 20.8. The van der Waals surface area contributed by atoms with Crippen molar-refractivity contribution in [3.63, 3.8) is 0 Å². The quantitative estimate of drug-likeness (QED) is 0.0498. The Balaban J connectivity index is 1.26. The maximum atomic E-state index is 14.5. The zero-order valence-electron chi connectivity index (χ0n) is 50.0. The Labute approximate surface area is 518 Å². The van der Waals surface area contributed by atoms with Crippen molar-refractivity contribution in [2.24, 2.45) is 0 Å². The molecular weight excluding hydrogens is 1200 g/mol. The maximum Gasteiger partial charge on any atom is 0.343 e. The van der Waals surface area contributed by atoms with E-state index in [4.69, 9.17) is 75.8 Å². The Bertz CT molecular complexity index is 3450. The van der Waals surface area contributed by atoms with E-state index in [1.165, 1.54) is 54.6 Å². The lowest BCUT2D eigenvalue weighted by Gasteiger charge is -2.44. The van der Waals surface area contributed by atoms with Gasteiger partial charge in [-0.25, -0.2) is 14.4 Å². The Hall–Kier alpha value is -10.1. The first kappa shape index (κ1) is 65.4. The van der Waals surface area contributed by atoms with E-state index in [0.29, 0.717) is 0 Å². The largest absolute Gasteiger partial charge is 0.463 e. The van der Waals surface area contributed by atoms with Crippen molar-refractivity contribution in [2.45, 2.75) is 136 Å². The molecule has 5 aromatic carbocycles. The standard InChI is InChI=1S/C64H60O27/c1-31(65)76-29-49-53(80-33(3)67)55(82-35(5)69)57(84-37(7)71)62(88-49)78-27-42-47(86-59(73)39-17-11-9-12-18-39)25-23-45-51(42)90-52-43(28-79-63-58(85-38(8)72)56(83-36(6)70)54(81-34(4)68)50(89-63)30-77-32(2)66)48(87-60(74)40-19-13-10-14-20-40)26-24-46(52)64(45)44-22-16-15-21-41(44)61(75)91-64/h9-26,49-50,53-58,62-63H,27-30H2,1-8H3/t49-,50-,53-,54-,55+,56+,57+,58+,62+,63+/m1/s1. The van der Waals surface area contributed by atoms with Crippen LogP contribution < -0.4 is 14.2 Å². The summed E-state index contributed by atoms with van der Waals surface area (Å²) in [6, 6.07) is 27.5. The molecule has 2 fully saturated rings. The smallest absolute Gasteiger partial charge is 0.343 e. The highest BCUT2D eigenvalue weighted by molar-refractivity contribution is 5.98. The number of carbonyl (C=O) groups is 11. The van der Waals surface area contributed by atoms with E-state index < -0.39 is 159 Å². The molecule has 9 rings (SSSR count). The van der Waals surface area contributed by atoms with E-state index in [1.807, 2.05) is 0 Å². The number of carbonyl (C=O) groups excluding carboxylic acids is 11. The third-order valence-electron chi connectivity index (χ3n) is 14.3. The van der Waals surface area contributed by atoms with Gasteiger partial charge >= 0.3 is 65.7 Å². The Kier molecular flexibility index (Phi) is 20.2. The van der Waals surface area contributed by atoms with Crippen LogP contribution >= 0.6 is 0 Å². The fourth-order valence-electron chi connectivity index (χ4n) is 10.8. The first-order valence-corrected chi connectivity index (χ1v) is 28.2. The van der Waals surface area contributed by atoms with Crippen molar-refractivity contribution in [3.8, 4) is 23.0 Å². The normalized spacial score (nSPS) is 23.4. The van der Waals surface area contributed by atoms with Gasteiger partial charge in [0, 0.05) is 72.1 Å². The third kappa shape index (κ3) is 14.7. The van der Waals surface area contributed by atoms with E-state index in [1.54, 1.807) is 54.6 Å². The minimum atomic E-state index is -2.06. The molecule has 5 aromatic rings. The number of fused-ring (bicyclic) bond motifs is 6. The summed E-state index contributed by atoms with van der Waals surface area (Å²) in [6.07, 6.45) is -16.8. The average molecular weight is 1260 g/mol. The molecule has 0 amide bonds. The summed E-state index contributed by atoms with van der Waals surface area (Å²) < 4.78 is 96.1. The lowest BCUT2D eigenvalue weighted by Crippen LogP contribution is -2.62. The maximum absolute atomic E-state index is 14.5. The van der Waals surface area contributed by atoms with Crippen molar-refractivity contribution in [1.29, 1.82) is 0 Å². The van der Waals surface area contributed by atoms with Crippen LogP contribution in [0.25, 0.3) is 0 Å². The molecule has 91 heavy (non-hydrogen) atoms. The van der Waals surface area contributed by atoms with Crippen molar-refractivity contribution in [2.75, 3.05) is 13.2 Å². The predicted octanol–water partition coefficient (Wildman–Crippen LogP) is 5.89. The molecule has 478 valence electrons. The van der Waals surface area contributed by atoms with Gasteiger partial charge in [-0.15, -0.1) is 0 Å². The molecule has 27 nitrogen and oxygen atoms in total. The van der Waals surface area contributed by atoms with Crippen LogP contribution in [0.5, 0.6) is 23.0 Å². The zero-order chi connectivity index (χ0) is 65.4. The molecule has 1 spiro atoms. The van der Waals surface area contributed by atoms with Gasteiger partial charge in [-0.3, -0.25) is 38.4 Å². The summed E-state index contributed by atoms with van der Waals surface area (Å²) in [5.74, 6) is -11.0. The summed E-state index contributed by atoms with van der Waals surface area (Å²) in [4.78, 5) is 144. The first-order chi connectivity index (χ1) is 43.4. The van der Waals surface area contributed by atoms with E-state index >= 15 is 0 Å². The molecule has 0 N–H and O–H groups in total. The van der Waals surface area contributed by atoms with Gasteiger partial charge in [0.25, 0.3) is 0 Å². The van der Waals surface area contributed by atoms with E-state index in [9.17, 15) is 52.7 Å². The third-order valence-corrected chi connectivity index (χ3v) is 14.3. The van der Waals surface area contributed by atoms with Gasteiger partial charge in [-0.2, -0.15) is 0 Å². The van der Waals surface area contributed by atoms with Crippen molar-refractivity contribution >= 4 is 65.7 Å². The number of esters is 11. The van der Waals surface area contributed by atoms with Crippen LogP contribution in [0, 0.1) is 0 Å². The highest BCUT2D eigenvalue weighted by Crippen LogP contribution is 2.60. The molecule has 0 aromatic heterocycles. The van der Waals surface area contributed by atoms with Crippen molar-refractivity contribution < 1.29 is 129 Å². The predicted molar refractivity (Wildman–Crippen MR) is 301 cm³/mol. The van der Waals surface area contributed by atoms with E-state index in [0.717, 1.165) is 55.4 Å². The molecule has 0 radical (unpaired) electrons. The average Bonchev–Trinajstić information content (AvgIpc) is 1.64. The van der Waals surface area contributed by atoms with Crippen molar-refractivity contribution in [3.05, 3.63) is 154 Å². The second kappa shape index (κ2) is 28.2. The van der Waals surface area contributed by atoms with Crippen LogP contribution in [0.2, 0.25) is 0 Å². The van der Waals surface area contributed by atoms with Gasteiger partial charge in [-0.05, 0) is 54.6 Å². The molecule has 27 heteroatoms. The fraction of sp³-hybridized carbons (Fsp3) is 0.359. The van der Waals surface area contributed by atoms with Gasteiger partial charge in [0.05, 0.1) is 41.0 Å². The summed E-state index contributed by atoms with van der Waals surface area (Å²) in [5, 5.41) is 0. The molecule has 0 aliphatic carbocycles. The van der Waals surface area contributed by atoms with Gasteiger partial charge in [-0.1, -0.05) is 54.6 Å². The van der Waals surface area contributed by atoms with Crippen molar-refractivity contribution in [1.82, 2.24) is 0 Å². The number of benzene rings is 5. The van der Waals surface area contributed by atoms with E-state index in [2.05, 4.69) is 0 Å². The first-order valence-electron chi connectivity index (χ1n) is 28.2. The van der Waals surface area contributed by atoms with Crippen LogP contribution in [0.15, 0.2) is 109 Å². The van der Waals surface area contributed by atoms with Crippen LogP contribution in [0.3, 0.4) is 0 Å². The number of hydrogen-bond donors (Lipinski definition) is 0. The highest BCUT2D eigenvalue weighted by atomic mass is 16.8. The van der Waals surface area contributed by atoms with Crippen LogP contribution in [-0.4, -0.2) is 140 Å². The van der Waals surface area contributed by atoms with Gasteiger partial charge in [0.1, 0.15) is 48.4 Å². The van der Waals surface area contributed by atoms with Crippen LogP contribution in [0.4, 0.5) is 0 Å². The molecule has 0 unspecified atom stereocenters. The van der Waals surface area contributed by atoms with Gasteiger partial charge in [0.15, 0.2) is 54.8 Å². The Morgan fingerprint density at radius 2 is 0.769 bits per heavy atom. The molecule has 10 atom stereocenters. The van der Waals surface area contributed by atoms with Crippen LogP contribution in [-0.2, 0) is 119 Å². The van der Waals surface area contributed by atoms with Crippen LogP contribution in [0.1, 0.15) is 114 Å². The van der Waals surface area contributed by atoms with E-state index in [-0.39, 0.29) is 67.5 Å². The topological polar surface area (TPSA) is 335 Å². The molecular formula is C64H60O27. The highest BCUT2D eigenvalue weighted by Gasteiger charge is 2.58. The second-order valence-corrected chi connectivity index (χ2v) is 20.8. The molecule has 4 aliphatic heterocycles. The molecule has 0 bridgehead atoms. The molecule has 4 heterocycles. The lowest BCUT2D eigenvalue weighted by atomic mass is 9.76. The molecule has 2 saturated heterocycles. The number of rotatable bonds is 20. The zero-order valence-corrected chi connectivity index (χ0v) is 50.0. The summed E-state index contributed by atoms with van der Waals surface area (Å²) >= 11 is 0. The Morgan fingerprint density at radius 3 is 1.15 bits per heavy atom. The van der Waals surface area contributed by atoms with Gasteiger partial charge in [0.2, 0.25) is 0 Å². The number of ether oxygens (including phenoxy) is 16. The SMILES string of the molecule is CC(=O)OC[C@H]1O[C@H](OCc2c(OC(=O)c3ccccc3)ccc3c2Oc2c(ccc(OC(=O)c4ccccc4)c2CO[C@H]2O[C@H](COC(C)=O)[C@@H](OC(C)=O)[C@H](OC(C)=O)[C@@H]2OC(C)=O)C32OC(=O)c3ccccc32)[C@@H](OC(C)=O)[C@@H](OC(C)=O)[C@@H]1OC(C)=O. The number of hydrogen-bond acceptors (Lipinski definition) is 27. The summed E-state index contributed by atoms with van der Waals surface area (Å²) in [6.45, 7) is 5.49. The summed E-state index contributed by atoms with van der Waals surface area (Å²) in [7, 11) is 0. The Morgan fingerprint density at radius 1 is 0.407 bits per heavy atom.